The van der Waals surface area contributed by atoms with Gasteiger partial charge >= 0.3 is 0 Å². The van der Waals surface area contributed by atoms with E-state index in [4.69, 9.17) is 16.9 Å². The molecule has 17 heavy (non-hydrogen) atoms. The molecule has 3 nitrogen and oxygen atoms in total. The van der Waals surface area contributed by atoms with E-state index in [9.17, 15) is 4.79 Å². The van der Waals surface area contributed by atoms with Crippen LogP contribution >= 0.6 is 11.6 Å². The van der Waals surface area contributed by atoms with Crippen molar-refractivity contribution in [1.29, 1.82) is 5.26 Å². The Morgan fingerprint density at radius 2 is 2.18 bits per heavy atom. The molecule has 1 heterocycles. The van der Waals surface area contributed by atoms with Crippen molar-refractivity contribution in [3.63, 3.8) is 0 Å². The van der Waals surface area contributed by atoms with Crippen LogP contribution < -0.4 is 5.32 Å². The van der Waals surface area contributed by atoms with Gasteiger partial charge in [0.1, 0.15) is 0 Å². The molecule has 0 saturated carbocycles. The topological polar surface area (TPSA) is 52.9 Å². The van der Waals surface area contributed by atoms with Crippen LogP contribution in [0.5, 0.6) is 0 Å². The van der Waals surface area contributed by atoms with Crippen molar-refractivity contribution in [2.75, 3.05) is 6.54 Å². The van der Waals surface area contributed by atoms with Gasteiger partial charge in [0.25, 0.3) is 0 Å². The second-order valence-electron chi connectivity index (χ2n) is 4.21. The standard InChI is InChI=1S/C13H13ClN2O/c14-11-3-1-9(2-4-11)7-10(8-15)13-12(17)5-6-16-13/h1-4,10,13,16H,5-7H2. The van der Waals surface area contributed by atoms with Gasteiger partial charge in [0.05, 0.1) is 18.0 Å². The van der Waals surface area contributed by atoms with Gasteiger partial charge in [-0.25, -0.2) is 0 Å². The van der Waals surface area contributed by atoms with Crippen molar-refractivity contribution in [1.82, 2.24) is 5.32 Å². The summed E-state index contributed by atoms with van der Waals surface area (Å²) >= 11 is 5.80. The summed E-state index contributed by atoms with van der Waals surface area (Å²) in [6, 6.07) is 9.30. The van der Waals surface area contributed by atoms with Crippen molar-refractivity contribution in [2.45, 2.75) is 18.9 Å². The molecule has 2 atom stereocenters. The van der Waals surface area contributed by atoms with Crippen LogP contribution in [-0.4, -0.2) is 18.4 Å². The summed E-state index contributed by atoms with van der Waals surface area (Å²) in [6.45, 7) is 0.683. The zero-order valence-electron chi connectivity index (χ0n) is 9.32. The summed E-state index contributed by atoms with van der Waals surface area (Å²) < 4.78 is 0. The first-order chi connectivity index (χ1) is 8.20. The molecule has 1 aliphatic rings. The van der Waals surface area contributed by atoms with E-state index in [0.29, 0.717) is 24.4 Å². The van der Waals surface area contributed by atoms with E-state index in [0.717, 1.165) is 5.56 Å². The summed E-state index contributed by atoms with van der Waals surface area (Å²) in [7, 11) is 0. The van der Waals surface area contributed by atoms with Crippen LogP contribution in [0.2, 0.25) is 5.02 Å². The number of nitrogens with zero attached hydrogens (tertiary/aromatic N) is 1. The van der Waals surface area contributed by atoms with E-state index in [2.05, 4.69) is 11.4 Å². The highest BCUT2D eigenvalue weighted by molar-refractivity contribution is 6.30. The largest absolute Gasteiger partial charge is 0.306 e. The van der Waals surface area contributed by atoms with Gasteiger partial charge in [-0.3, -0.25) is 4.79 Å². The fourth-order valence-corrected chi connectivity index (χ4v) is 2.23. The van der Waals surface area contributed by atoms with Gasteiger partial charge in [-0.1, -0.05) is 23.7 Å². The normalized spacial score (nSPS) is 21.2. The fourth-order valence-electron chi connectivity index (χ4n) is 2.10. The van der Waals surface area contributed by atoms with E-state index < -0.39 is 0 Å². The van der Waals surface area contributed by atoms with E-state index >= 15 is 0 Å². The number of ketones is 1. The second-order valence-corrected chi connectivity index (χ2v) is 4.65. The van der Waals surface area contributed by atoms with E-state index in [-0.39, 0.29) is 17.7 Å². The molecule has 1 aromatic carbocycles. The van der Waals surface area contributed by atoms with Crippen LogP contribution in [0.25, 0.3) is 0 Å². The Bertz CT molecular complexity index is 449. The fraction of sp³-hybridized carbons (Fsp3) is 0.385. The molecule has 0 aromatic heterocycles. The molecule has 4 heteroatoms. The molecule has 0 radical (unpaired) electrons. The van der Waals surface area contributed by atoms with Crippen LogP contribution in [0.1, 0.15) is 12.0 Å². The first-order valence-corrected chi connectivity index (χ1v) is 5.98. The summed E-state index contributed by atoms with van der Waals surface area (Å²) in [6.07, 6.45) is 1.11. The molecule has 1 N–H and O–H groups in total. The number of rotatable bonds is 3. The summed E-state index contributed by atoms with van der Waals surface area (Å²) in [5, 5.41) is 12.9. The maximum absolute atomic E-state index is 11.6. The Balaban J connectivity index is 2.07. The number of hydrogen-bond donors (Lipinski definition) is 1. The smallest absolute Gasteiger partial charge is 0.152 e. The molecule has 1 fully saturated rings. The third kappa shape index (κ3) is 2.85. The lowest BCUT2D eigenvalue weighted by atomic mass is 9.92. The Kier molecular flexibility index (Phi) is 3.78. The van der Waals surface area contributed by atoms with Crippen molar-refractivity contribution in [2.24, 2.45) is 5.92 Å². The predicted octanol–water partition coefficient (Wildman–Crippen LogP) is 1.95. The monoisotopic (exact) mass is 248 g/mol. The number of carbonyl (C=O) groups is 1. The van der Waals surface area contributed by atoms with Gasteiger partial charge in [-0.05, 0) is 24.1 Å². The Hall–Kier alpha value is -1.37. The molecule has 0 amide bonds. The molecule has 1 saturated heterocycles. The second kappa shape index (κ2) is 5.31. The van der Waals surface area contributed by atoms with Crippen LogP contribution in [0, 0.1) is 17.2 Å². The molecule has 2 rings (SSSR count). The SMILES string of the molecule is N#CC(Cc1ccc(Cl)cc1)C1NCCC1=O. The summed E-state index contributed by atoms with van der Waals surface area (Å²) in [5.74, 6) is -0.156. The van der Waals surface area contributed by atoms with Gasteiger partial charge in [0.2, 0.25) is 0 Å². The third-order valence-corrected chi connectivity index (χ3v) is 3.27. The lowest BCUT2D eigenvalue weighted by molar-refractivity contribution is -0.119. The zero-order chi connectivity index (χ0) is 12.3. The summed E-state index contributed by atoms with van der Waals surface area (Å²) in [5.41, 5.74) is 1.03. The Morgan fingerprint density at radius 3 is 2.71 bits per heavy atom. The number of Topliss-reactive ketones (excluding diaryl/α,β-unsaturated/α-hetero) is 1. The Morgan fingerprint density at radius 1 is 1.47 bits per heavy atom. The lowest BCUT2D eigenvalue weighted by Crippen LogP contribution is -2.35. The average molecular weight is 249 g/mol. The van der Waals surface area contributed by atoms with E-state index in [1.54, 1.807) is 12.1 Å². The average Bonchev–Trinajstić information content (AvgIpc) is 2.75. The molecule has 0 aliphatic carbocycles. The highest BCUT2D eigenvalue weighted by Crippen LogP contribution is 2.18. The Labute approximate surface area is 105 Å². The third-order valence-electron chi connectivity index (χ3n) is 3.02. The van der Waals surface area contributed by atoms with E-state index in [1.807, 2.05) is 12.1 Å². The van der Waals surface area contributed by atoms with Gasteiger partial charge < -0.3 is 5.32 Å². The summed E-state index contributed by atoms with van der Waals surface area (Å²) in [4.78, 5) is 11.6. The maximum Gasteiger partial charge on any atom is 0.152 e. The highest BCUT2D eigenvalue weighted by Gasteiger charge is 2.31. The maximum atomic E-state index is 11.6. The van der Waals surface area contributed by atoms with Crippen molar-refractivity contribution < 1.29 is 4.79 Å². The highest BCUT2D eigenvalue weighted by atomic mass is 35.5. The number of nitriles is 1. The molecule has 1 aliphatic heterocycles. The first-order valence-electron chi connectivity index (χ1n) is 5.61. The van der Waals surface area contributed by atoms with Gasteiger partial charge in [-0.15, -0.1) is 0 Å². The molecule has 0 spiro atoms. The minimum Gasteiger partial charge on any atom is -0.306 e. The molecule has 1 aromatic rings. The molecule has 88 valence electrons. The molecule has 0 bridgehead atoms. The van der Waals surface area contributed by atoms with Crippen LogP contribution in [0.4, 0.5) is 0 Å². The van der Waals surface area contributed by atoms with Crippen LogP contribution in [0.3, 0.4) is 0 Å². The lowest BCUT2D eigenvalue weighted by Gasteiger charge is -2.15. The number of halogens is 1. The number of nitrogens with one attached hydrogen (secondary N) is 1. The van der Waals surface area contributed by atoms with E-state index in [1.165, 1.54) is 0 Å². The predicted molar refractivity (Wildman–Crippen MR) is 65.7 cm³/mol. The zero-order valence-corrected chi connectivity index (χ0v) is 10.1. The van der Waals surface area contributed by atoms with Gasteiger partial charge in [0.15, 0.2) is 5.78 Å². The van der Waals surface area contributed by atoms with Crippen LogP contribution in [-0.2, 0) is 11.2 Å². The minimum atomic E-state index is -0.310. The minimum absolute atomic E-state index is 0.144. The first kappa shape index (κ1) is 12.1. The molecule has 2 unspecified atom stereocenters. The number of carbonyl (C=O) groups excluding carboxylic acids is 1. The number of hydrogen-bond acceptors (Lipinski definition) is 3. The van der Waals surface area contributed by atoms with Gasteiger partial charge in [0, 0.05) is 18.0 Å². The van der Waals surface area contributed by atoms with Crippen LogP contribution in [0.15, 0.2) is 24.3 Å². The van der Waals surface area contributed by atoms with Crippen molar-refractivity contribution in [3.8, 4) is 6.07 Å². The number of benzene rings is 1. The quantitative estimate of drug-likeness (QED) is 0.890. The van der Waals surface area contributed by atoms with Crippen molar-refractivity contribution >= 4 is 17.4 Å². The van der Waals surface area contributed by atoms with Gasteiger partial charge in [-0.2, -0.15) is 5.26 Å². The molecular formula is C13H13ClN2O. The van der Waals surface area contributed by atoms with Crippen molar-refractivity contribution in [3.05, 3.63) is 34.9 Å². The molecular weight excluding hydrogens is 236 g/mol.